The highest BCUT2D eigenvalue weighted by Crippen LogP contribution is 2.18. The fourth-order valence-electron chi connectivity index (χ4n) is 1.95. The molecule has 102 valence electrons. The molecule has 0 amide bonds. The number of aryl methyl sites for hydroxylation is 1. The number of hydrogen-bond acceptors (Lipinski definition) is 5. The van der Waals surface area contributed by atoms with E-state index in [1.165, 1.54) is 5.56 Å². The van der Waals surface area contributed by atoms with Gasteiger partial charge in [-0.05, 0) is 30.2 Å². The Balaban J connectivity index is 1.76. The Kier molecular flexibility index (Phi) is 3.25. The average Bonchev–Trinajstić information content (AvgIpc) is 2.87. The molecule has 5 heteroatoms. The molecule has 20 heavy (non-hydrogen) atoms. The number of benzene rings is 1. The van der Waals surface area contributed by atoms with E-state index >= 15 is 0 Å². The molecule has 0 atom stereocenters. The number of ether oxygens (including phenoxy) is 1. The van der Waals surface area contributed by atoms with Crippen molar-refractivity contribution in [3.05, 3.63) is 48.0 Å². The predicted molar refractivity (Wildman–Crippen MR) is 76.4 cm³/mol. The zero-order chi connectivity index (χ0) is 13.9. The lowest BCUT2D eigenvalue weighted by atomic mass is 10.2. The molecule has 2 aromatic heterocycles. The van der Waals surface area contributed by atoms with Gasteiger partial charge in [0.05, 0.1) is 11.9 Å². The molecule has 1 aromatic carbocycles. The van der Waals surface area contributed by atoms with Crippen LogP contribution in [0.3, 0.4) is 0 Å². The fourth-order valence-corrected chi connectivity index (χ4v) is 1.95. The van der Waals surface area contributed by atoms with E-state index in [1.54, 1.807) is 12.3 Å². The number of nitrogens with zero attached hydrogens (tertiary/aromatic N) is 2. The van der Waals surface area contributed by atoms with Crippen molar-refractivity contribution in [3.63, 3.8) is 0 Å². The number of rotatable bonds is 4. The monoisotopic (exact) mass is 269 g/mol. The second-order valence-corrected chi connectivity index (χ2v) is 4.49. The number of fused-ring (bicyclic) bond motifs is 1. The normalized spacial score (nSPS) is 10.8. The van der Waals surface area contributed by atoms with Crippen molar-refractivity contribution >= 4 is 16.9 Å². The highest BCUT2D eigenvalue weighted by molar-refractivity contribution is 5.71. The number of nitrogens with two attached hydrogens (primary N) is 1. The van der Waals surface area contributed by atoms with E-state index in [-0.39, 0.29) is 6.61 Å². The lowest BCUT2D eigenvalue weighted by Crippen LogP contribution is -1.96. The second-order valence-electron chi connectivity index (χ2n) is 4.49. The summed E-state index contributed by atoms with van der Waals surface area (Å²) in [4.78, 5) is 8.37. The maximum absolute atomic E-state index is 5.68. The molecule has 0 unspecified atom stereocenters. The fraction of sp³-hybridized carbons (Fsp3) is 0.200. The number of aromatic nitrogens is 2. The Morgan fingerprint density at radius 2 is 2.20 bits per heavy atom. The summed E-state index contributed by atoms with van der Waals surface area (Å²) in [5.41, 5.74) is 8.57. The Bertz CT molecular complexity index is 737. The predicted octanol–water partition coefficient (Wildman–Crippen LogP) is 2.95. The molecular formula is C15H15N3O2. The highest BCUT2D eigenvalue weighted by Gasteiger charge is 2.08. The van der Waals surface area contributed by atoms with Crippen molar-refractivity contribution in [2.24, 2.45) is 0 Å². The van der Waals surface area contributed by atoms with Gasteiger partial charge in [-0.25, -0.2) is 9.97 Å². The highest BCUT2D eigenvalue weighted by atomic mass is 16.5. The summed E-state index contributed by atoms with van der Waals surface area (Å²) in [6.07, 6.45) is 2.52. The quantitative estimate of drug-likeness (QED) is 0.788. The van der Waals surface area contributed by atoms with Crippen molar-refractivity contribution < 1.29 is 9.15 Å². The van der Waals surface area contributed by atoms with Gasteiger partial charge in [-0.15, -0.1) is 0 Å². The zero-order valence-electron chi connectivity index (χ0n) is 11.2. The summed E-state index contributed by atoms with van der Waals surface area (Å²) in [6.45, 7) is 2.37. The molecule has 3 aromatic rings. The third-order valence-corrected chi connectivity index (χ3v) is 2.98. The minimum absolute atomic E-state index is 0.267. The van der Waals surface area contributed by atoms with Crippen molar-refractivity contribution in [3.8, 4) is 5.75 Å². The standard InChI is InChI=1S/C15H15N3O2/c1-2-10-4-3-5-12(6-10)19-9-14-18-13-7-11(16)8-17-15(13)20-14/h3-8H,2,9,16H2,1H3. The molecule has 0 aliphatic rings. The lowest BCUT2D eigenvalue weighted by molar-refractivity contribution is 0.266. The van der Waals surface area contributed by atoms with Crippen LogP contribution in [-0.4, -0.2) is 9.97 Å². The minimum Gasteiger partial charge on any atom is -0.484 e. The number of hydrogen-bond donors (Lipinski definition) is 1. The van der Waals surface area contributed by atoms with Gasteiger partial charge in [-0.3, -0.25) is 0 Å². The van der Waals surface area contributed by atoms with Crippen molar-refractivity contribution in [1.82, 2.24) is 9.97 Å². The number of nitrogen functional groups attached to an aromatic ring is 1. The van der Waals surface area contributed by atoms with E-state index in [1.807, 2.05) is 18.2 Å². The van der Waals surface area contributed by atoms with Crippen LogP contribution in [0.4, 0.5) is 5.69 Å². The molecule has 0 aliphatic carbocycles. The topological polar surface area (TPSA) is 74.2 Å². The van der Waals surface area contributed by atoms with E-state index in [2.05, 4.69) is 23.0 Å². The van der Waals surface area contributed by atoms with Crippen LogP contribution in [0.25, 0.3) is 11.2 Å². The third kappa shape index (κ3) is 2.56. The number of anilines is 1. The van der Waals surface area contributed by atoms with Crippen LogP contribution < -0.4 is 10.5 Å². The average molecular weight is 269 g/mol. The zero-order valence-corrected chi connectivity index (χ0v) is 11.2. The molecule has 0 spiro atoms. The maximum Gasteiger partial charge on any atom is 0.247 e. The van der Waals surface area contributed by atoms with Gasteiger partial charge in [0, 0.05) is 0 Å². The molecule has 5 nitrogen and oxygen atoms in total. The summed E-state index contributed by atoms with van der Waals surface area (Å²) >= 11 is 0. The second kappa shape index (κ2) is 5.21. The Labute approximate surface area is 116 Å². The van der Waals surface area contributed by atoms with Gasteiger partial charge >= 0.3 is 0 Å². The van der Waals surface area contributed by atoms with Gasteiger partial charge in [-0.2, -0.15) is 0 Å². The molecule has 0 saturated carbocycles. The number of oxazole rings is 1. The first-order chi connectivity index (χ1) is 9.74. The Morgan fingerprint density at radius 1 is 1.30 bits per heavy atom. The SMILES string of the molecule is CCc1cccc(OCc2nc3cc(N)cnc3o2)c1. The molecule has 2 heterocycles. The molecule has 2 N–H and O–H groups in total. The summed E-state index contributed by atoms with van der Waals surface area (Å²) in [7, 11) is 0. The molecule has 0 bridgehead atoms. The first kappa shape index (κ1) is 12.5. The van der Waals surface area contributed by atoms with Gasteiger partial charge in [0.2, 0.25) is 11.6 Å². The van der Waals surface area contributed by atoms with Crippen LogP contribution in [0.1, 0.15) is 18.4 Å². The van der Waals surface area contributed by atoms with Crippen molar-refractivity contribution in [1.29, 1.82) is 0 Å². The Hall–Kier alpha value is -2.56. The lowest BCUT2D eigenvalue weighted by Gasteiger charge is -2.04. The van der Waals surface area contributed by atoms with E-state index in [9.17, 15) is 0 Å². The van der Waals surface area contributed by atoms with E-state index < -0.39 is 0 Å². The van der Waals surface area contributed by atoms with E-state index in [4.69, 9.17) is 14.9 Å². The van der Waals surface area contributed by atoms with E-state index in [0.29, 0.717) is 22.8 Å². The van der Waals surface area contributed by atoms with Gasteiger partial charge in [0.25, 0.3) is 0 Å². The minimum atomic E-state index is 0.267. The molecule has 0 aliphatic heterocycles. The van der Waals surface area contributed by atoms with Crippen LogP contribution in [0.2, 0.25) is 0 Å². The van der Waals surface area contributed by atoms with Gasteiger partial charge in [0.15, 0.2) is 6.61 Å². The van der Waals surface area contributed by atoms with Crippen molar-refractivity contribution in [2.75, 3.05) is 5.73 Å². The van der Waals surface area contributed by atoms with E-state index in [0.717, 1.165) is 12.2 Å². The van der Waals surface area contributed by atoms with Crippen molar-refractivity contribution in [2.45, 2.75) is 20.0 Å². The van der Waals surface area contributed by atoms with Gasteiger partial charge in [0.1, 0.15) is 11.3 Å². The van der Waals surface area contributed by atoms with Gasteiger partial charge < -0.3 is 14.9 Å². The maximum atomic E-state index is 5.68. The summed E-state index contributed by atoms with van der Waals surface area (Å²) < 4.78 is 11.2. The van der Waals surface area contributed by atoms with Crippen LogP contribution in [-0.2, 0) is 13.0 Å². The Morgan fingerprint density at radius 3 is 3.05 bits per heavy atom. The summed E-state index contributed by atoms with van der Waals surface area (Å²) in [5, 5.41) is 0. The smallest absolute Gasteiger partial charge is 0.247 e. The van der Waals surface area contributed by atoms with Crippen LogP contribution in [0, 0.1) is 0 Å². The van der Waals surface area contributed by atoms with Crippen LogP contribution in [0.5, 0.6) is 5.75 Å². The molecule has 0 radical (unpaired) electrons. The number of pyridine rings is 1. The third-order valence-electron chi connectivity index (χ3n) is 2.98. The first-order valence-corrected chi connectivity index (χ1v) is 6.47. The molecule has 3 rings (SSSR count). The first-order valence-electron chi connectivity index (χ1n) is 6.47. The van der Waals surface area contributed by atoms with Crippen LogP contribution >= 0.6 is 0 Å². The molecule has 0 fully saturated rings. The summed E-state index contributed by atoms with van der Waals surface area (Å²) in [5.74, 6) is 1.29. The largest absolute Gasteiger partial charge is 0.484 e. The molecular weight excluding hydrogens is 254 g/mol. The van der Waals surface area contributed by atoms with Crippen LogP contribution in [0.15, 0.2) is 40.9 Å². The summed E-state index contributed by atoms with van der Waals surface area (Å²) in [6, 6.07) is 9.70. The van der Waals surface area contributed by atoms with Gasteiger partial charge in [-0.1, -0.05) is 19.1 Å². The molecule has 0 saturated heterocycles.